The van der Waals surface area contributed by atoms with Gasteiger partial charge in [0.15, 0.2) is 0 Å². The van der Waals surface area contributed by atoms with Crippen molar-refractivity contribution in [2.24, 2.45) is 11.8 Å². The van der Waals surface area contributed by atoms with Crippen LogP contribution in [0.1, 0.15) is 59.8 Å². The molecule has 3 saturated heterocycles. The minimum atomic E-state index is 0.729. The Labute approximate surface area is 169 Å². The van der Waals surface area contributed by atoms with E-state index in [-0.39, 0.29) is 0 Å². The predicted octanol–water partition coefficient (Wildman–Crippen LogP) is 3.23. The Morgan fingerprint density at radius 1 is 0.704 bits per heavy atom. The molecule has 3 aliphatic heterocycles. The van der Waals surface area contributed by atoms with Gasteiger partial charge in [0.1, 0.15) is 0 Å². The van der Waals surface area contributed by atoms with Crippen molar-refractivity contribution < 1.29 is 0 Å². The molecule has 0 spiro atoms. The molecule has 0 aromatic carbocycles. The summed E-state index contributed by atoms with van der Waals surface area (Å²) in [5.41, 5.74) is 0. The van der Waals surface area contributed by atoms with Crippen LogP contribution in [0.15, 0.2) is 0 Å². The first-order chi connectivity index (χ1) is 13.0. The number of hydrogen-bond donors (Lipinski definition) is 0. The van der Waals surface area contributed by atoms with Gasteiger partial charge in [-0.15, -0.1) is 0 Å². The quantitative estimate of drug-likeness (QED) is 0.674. The van der Waals surface area contributed by atoms with Gasteiger partial charge in [-0.05, 0) is 90.5 Å². The van der Waals surface area contributed by atoms with Gasteiger partial charge in [0.2, 0.25) is 0 Å². The summed E-state index contributed by atoms with van der Waals surface area (Å²) in [6.45, 7) is 22.5. The topological polar surface area (TPSA) is 13.0 Å². The van der Waals surface area contributed by atoms with Gasteiger partial charge in [0, 0.05) is 44.8 Å². The van der Waals surface area contributed by atoms with Crippen LogP contribution >= 0.6 is 0 Å². The Bertz CT molecular complexity index is 401. The van der Waals surface area contributed by atoms with Crippen molar-refractivity contribution in [3.05, 3.63) is 0 Å². The zero-order chi connectivity index (χ0) is 19.2. The normalized spacial score (nSPS) is 26.4. The molecule has 0 unspecified atom stereocenters. The van der Waals surface area contributed by atoms with E-state index in [0.29, 0.717) is 0 Å². The van der Waals surface area contributed by atoms with Gasteiger partial charge in [0.25, 0.3) is 0 Å². The molecule has 0 aromatic heterocycles. The molecular weight excluding hydrogens is 332 g/mol. The molecule has 27 heavy (non-hydrogen) atoms. The van der Waals surface area contributed by atoms with E-state index in [1.165, 1.54) is 97.6 Å². The van der Waals surface area contributed by atoms with E-state index in [0.717, 1.165) is 23.9 Å². The molecule has 3 aliphatic rings. The van der Waals surface area contributed by atoms with Crippen molar-refractivity contribution in [1.82, 2.24) is 19.6 Å². The number of piperazine rings is 1. The van der Waals surface area contributed by atoms with Crippen LogP contribution in [0.4, 0.5) is 0 Å². The van der Waals surface area contributed by atoms with Crippen LogP contribution < -0.4 is 0 Å². The fraction of sp³-hybridized carbons (Fsp3) is 1.00. The van der Waals surface area contributed by atoms with Gasteiger partial charge in [-0.1, -0.05) is 13.8 Å². The van der Waals surface area contributed by atoms with E-state index in [1.54, 1.807) is 0 Å². The van der Waals surface area contributed by atoms with E-state index < -0.39 is 0 Å². The lowest BCUT2D eigenvalue weighted by Gasteiger charge is -2.44. The highest BCUT2D eigenvalue weighted by atomic mass is 15.3. The molecule has 158 valence electrons. The van der Waals surface area contributed by atoms with Gasteiger partial charge in [-0.25, -0.2) is 0 Å². The van der Waals surface area contributed by atoms with Crippen LogP contribution in [-0.2, 0) is 0 Å². The van der Waals surface area contributed by atoms with Crippen molar-refractivity contribution in [2.75, 3.05) is 65.4 Å². The number of hydrogen-bond acceptors (Lipinski definition) is 4. The maximum absolute atomic E-state index is 2.81. The van der Waals surface area contributed by atoms with Crippen LogP contribution in [0.3, 0.4) is 0 Å². The Morgan fingerprint density at radius 2 is 1.33 bits per heavy atom. The second-order valence-electron chi connectivity index (χ2n) is 10.2. The van der Waals surface area contributed by atoms with Crippen LogP contribution in [0, 0.1) is 11.8 Å². The number of rotatable bonds is 7. The molecule has 0 aromatic rings. The van der Waals surface area contributed by atoms with Crippen LogP contribution in [0.25, 0.3) is 0 Å². The Balaban J connectivity index is 1.31. The maximum atomic E-state index is 2.81. The van der Waals surface area contributed by atoms with Crippen molar-refractivity contribution in [2.45, 2.75) is 71.9 Å². The predicted molar refractivity (Wildman–Crippen MR) is 116 cm³/mol. The zero-order valence-electron chi connectivity index (χ0n) is 18.7. The second-order valence-corrected chi connectivity index (χ2v) is 10.2. The standard InChI is InChI=1S/C23H46N4/c1-20(2)5-10-24-15-17-27(18-16-24)23-8-11-25(12-9-23)19-22-6-13-26(14-7-22)21(3)4/h20-23H,5-19H2,1-4H3. The van der Waals surface area contributed by atoms with Crippen molar-refractivity contribution >= 4 is 0 Å². The second kappa shape index (κ2) is 10.6. The monoisotopic (exact) mass is 378 g/mol. The molecule has 3 heterocycles. The van der Waals surface area contributed by atoms with Gasteiger partial charge in [0.05, 0.1) is 0 Å². The van der Waals surface area contributed by atoms with Crippen molar-refractivity contribution in [1.29, 1.82) is 0 Å². The van der Waals surface area contributed by atoms with Crippen LogP contribution in [0.2, 0.25) is 0 Å². The third-order valence-corrected chi connectivity index (χ3v) is 7.40. The van der Waals surface area contributed by atoms with Gasteiger partial charge in [-0.2, -0.15) is 0 Å². The average Bonchev–Trinajstić information content (AvgIpc) is 2.68. The molecule has 0 atom stereocenters. The number of likely N-dealkylation sites (tertiary alicyclic amines) is 2. The van der Waals surface area contributed by atoms with Gasteiger partial charge in [-0.3, -0.25) is 4.90 Å². The van der Waals surface area contributed by atoms with E-state index in [9.17, 15) is 0 Å². The summed E-state index contributed by atoms with van der Waals surface area (Å²) < 4.78 is 0. The molecule has 0 N–H and O–H groups in total. The molecule has 0 aliphatic carbocycles. The molecular formula is C23H46N4. The molecule has 3 fully saturated rings. The first kappa shape index (κ1) is 21.5. The molecule has 0 bridgehead atoms. The Hall–Kier alpha value is -0.160. The van der Waals surface area contributed by atoms with Gasteiger partial charge >= 0.3 is 0 Å². The Kier molecular flexibility index (Phi) is 8.43. The van der Waals surface area contributed by atoms with E-state index in [2.05, 4.69) is 47.3 Å². The SMILES string of the molecule is CC(C)CCN1CCN(C2CCN(CC3CCN(C(C)C)CC3)CC2)CC1. The first-order valence-corrected chi connectivity index (χ1v) is 11.9. The Morgan fingerprint density at radius 3 is 1.89 bits per heavy atom. The molecule has 0 saturated carbocycles. The maximum Gasteiger partial charge on any atom is 0.0121 e. The largest absolute Gasteiger partial charge is 0.303 e. The summed E-state index contributed by atoms with van der Waals surface area (Å²) in [7, 11) is 0. The first-order valence-electron chi connectivity index (χ1n) is 11.9. The minimum absolute atomic E-state index is 0.729. The van der Waals surface area contributed by atoms with Crippen LogP contribution in [0.5, 0.6) is 0 Å². The van der Waals surface area contributed by atoms with E-state index in [4.69, 9.17) is 0 Å². The smallest absolute Gasteiger partial charge is 0.0121 e. The molecule has 4 nitrogen and oxygen atoms in total. The number of nitrogens with zero attached hydrogens (tertiary/aromatic N) is 4. The third-order valence-electron chi connectivity index (χ3n) is 7.40. The summed E-state index contributed by atoms with van der Waals surface area (Å²) in [6.07, 6.45) is 6.98. The van der Waals surface area contributed by atoms with Crippen molar-refractivity contribution in [3.63, 3.8) is 0 Å². The van der Waals surface area contributed by atoms with E-state index in [1.807, 2.05) is 0 Å². The minimum Gasteiger partial charge on any atom is -0.303 e. The lowest BCUT2D eigenvalue weighted by Crippen LogP contribution is -2.53. The van der Waals surface area contributed by atoms with Crippen LogP contribution in [-0.4, -0.2) is 97.1 Å². The van der Waals surface area contributed by atoms with Gasteiger partial charge < -0.3 is 14.7 Å². The summed E-state index contributed by atoms with van der Waals surface area (Å²) >= 11 is 0. The highest BCUT2D eigenvalue weighted by molar-refractivity contribution is 4.85. The fourth-order valence-corrected chi connectivity index (χ4v) is 5.28. The number of piperidine rings is 2. The zero-order valence-corrected chi connectivity index (χ0v) is 18.7. The molecule has 0 radical (unpaired) electrons. The fourth-order valence-electron chi connectivity index (χ4n) is 5.28. The molecule has 3 rings (SSSR count). The highest BCUT2D eigenvalue weighted by Crippen LogP contribution is 2.23. The van der Waals surface area contributed by atoms with E-state index >= 15 is 0 Å². The highest BCUT2D eigenvalue weighted by Gasteiger charge is 2.29. The lowest BCUT2D eigenvalue weighted by molar-refractivity contribution is 0.0485. The third kappa shape index (κ3) is 6.69. The lowest BCUT2D eigenvalue weighted by atomic mass is 9.94. The summed E-state index contributed by atoms with van der Waals surface area (Å²) in [5.74, 6) is 1.78. The van der Waals surface area contributed by atoms with Crippen molar-refractivity contribution in [3.8, 4) is 0 Å². The summed E-state index contributed by atoms with van der Waals surface area (Å²) in [5, 5.41) is 0. The molecule has 0 amide bonds. The summed E-state index contributed by atoms with van der Waals surface area (Å²) in [6, 6.07) is 1.59. The average molecular weight is 379 g/mol. The molecule has 4 heteroatoms. The summed E-state index contributed by atoms with van der Waals surface area (Å²) in [4.78, 5) is 10.9.